The summed E-state index contributed by atoms with van der Waals surface area (Å²) in [5.41, 5.74) is 0.590. The van der Waals surface area contributed by atoms with Gasteiger partial charge in [-0.15, -0.1) is 0 Å². The highest BCUT2D eigenvalue weighted by Gasteiger charge is 2.32. The summed E-state index contributed by atoms with van der Waals surface area (Å²) in [6.07, 6.45) is 3.72. The number of amidine groups is 1. The lowest BCUT2D eigenvalue weighted by Crippen LogP contribution is -2.39. The van der Waals surface area contributed by atoms with Gasteiger partial charge in [0.2, 0.25) is 0 Å². The van der Waals surface area contributed by atoms with E-state index in [0.29, 0.717) is 12.2 Å². The van der Waals surface area contributed by atoms with E-state index < -0.39 is 15.1 Å². The maximum Gasteiger partial charge on any atom is 0.358 e. The van der Waals surface area contributed by atoms with Gasteiger partial charge < -0.3 is 15.4 Å². The van der Waals surface area contributed by atoms with Gasteiger partial charge in [-0.2, -0.15) is 0 Å². The third-order valence-electron chi connectivity index (χ3n) is 4.44. The number of hydroxylamine groups is 1. The van der Waals surface area contributed by atoms with Crippen LogP contribution in [0.15, 0.2) is 34.3 Å². The first-order chi connectivity index (χ1) is 14.2. The molecule has 2 rings (SSSR count). The van der Waals surface area contributed by atoms with Crippen LogP contribution < -0.4 is 10.6 Å². The number of rotatable bonds is 10. The molecular weight excluding hydrogens is 414 g/mol. The minimum absolute atomic E-state index is 0.0784. The lowest BCUT2D eigenvalue weighted by Gasteiger charge is -2.28. The number of nitro groups is 1. The zero-order valence-electron chi connectivity index (χ0n) is 17.4. The summed E-state index contributed by atoms with van der Waals surface area (Å²) in [4.78, 5) is 16.3. The number of methoxy groups -OCH3 is 1. The van der Waals surface area contributed by atoms with Crippen molar-refractivity contribution in [2.75, 3.05) is 25.5 Å². The first kappa shape index (κ1) is 23.8. The van der Waals surface area contributed by atoms with Crippen molar-refractivity contribution in [2.45, 2.75) is 56.6 Å². The zero-order chi connectivity index (χ0) is 22.1. The van der Waals surface area contributed by atoms with Gasteiger partial charge in [-0.05, 0) is 44.9 Å². The lowest BCUT2D eigenvalue weighted by molar-refractivity contribution is -0.486. The van der Waals surface area contributed by atoms with Crippen molar-refractivity contribution in [1.29, 1.82) is 0 Å². The van der Waals surface area contributed by atoms with Crippen molar-refractivity contribution in [2.24, 2.45) is 5.10 Å². The Balaban J connectivity index is 2.02. The summed E-state index contributed by atoms with van der Waals surface area (Å²) in [7, 11) is -2.56. The van der Waals surface area contributed by atoms with Crippen molar-refractivity contribution in [3.63, 3.8) is 0 Å². The van der Waals surface area contributed by atoms with Crippen LogP contribution in [0.2, 0.25) is 0 Å². The summed E-state index contributed by atoms with van der Waals surface area (Å²) in [5, 5.41) is 18.3. The third-order valence-corrected chi connectivity index (χ3v) is 6.27. The van der Waals surface area contributed by atoms with Gasteiger partial charge in [-0.1, -0.05) is 23.4 Å². The second-order valence-corrected chi connectivity index (χ2v) is 8.88. The maximum atomic E-state index is 13.1. The van der Waals surface area contributed by atoms with Crippen LogP contribution in [-0.2, 0) is 19.6 Å². The molecule has 12 heteroatoms. The van der Waals surface area contributed by atoms with Crippen molar-refractivity contribution >= 4 is 21.7 Å². The summed E-state index contributed by atoms with van der Waals surface area (Å²) < 4.78 is 32.1. The van der Waals surface area contributed by atoms with Gasteiger partial charge >= 0.3 is 6.02 Å². The number of hydrogen-bond acceptors (Lipinski definition) is 7. The average Bonchev–Trinajstić information content (AvgIpc) is 3.21. The van der Waals surface area contributed by atoms with E-state index in [1.165, 1.54) is 19.2 Å². The molecule has 30 heavy (non-hydrogen) atoms. The second kappa shape index (κ2) is 11.1. The Labute approximate surface area is 176 Å². The van der Waals surface area contributed by atoms with E-state index in [0.717, 1.165) is 30.2 Å². The normalized spacial score (nSPS) is 15.6. The van der Waals surface area contributed by atoms with Crippen LogP contribution in [0.1, 0.15) is 39.5 Å². The Kier molecular flexibility index (Phi) is 8.81. The van der Waals surface area contributed by atoms with Crippen LogP contribution in [-0.4, -0.2) is 56.3 Å². The standard InChI is InChI=1S/C18H29N5O6S/c1-14(2)22(29-16-8-4-5-9-16)30(26,27)17-10-6-7-15(13-17)19-11-12-20-18(28-3)21-23(24)25/h6-7,10,13-14,16,19H,4-5,8-9,11-12H2,1-3H3,(H,20,21). The minimum atomic E-state index is -3.83. The van der Waals surface area contributed by atoms with Gasteiger partial charge in [0.05, 0.1) is 18.1 Å². The molecular formula is C18H29N5O6S. The number of nitrogens with one attached hydrogen (secondary N) is 2. The molecule has 2 N–H and O–H groups in total. The summed E-state index contributed by atoms with van der Waals surface area (Å²) in [6.45, 7) is 4.19. The Hall–Kier alpha value is -2.44. The van der Waals surface area contributed by atoms with E-state index in [2.05, 4.69) is 15.7 Å². The molecule has 0 unspecified atom stereocenters. The molecule has 168 valence electrons. The monoisotopic (exact) mass is 443 g/mol. The molecule has 1 aromatic carbocycles. The quantitative estimate of drug-likeness (QED) is 0.185. The summed E-state index contributed by atoms with van der Waals surface area (Å²) in [5.74, 6) is 0. The molecule has 0 spiro atoms. The predicted octanol–water partition coefficient (Wildman–Crippen LogP) is 2.16. The fourth-order valence-electron chi connectivity index (χ4n) is 3.07. The Morgan fingerprint density at radius 1 is 1.33 bits per heavy atom. The summed E-state index contributed by atoms with van der Waals surface area (Å²) in [6, 6.07) is 5.88. The molecule has 1 fully saturated rings. The predicted molar refractivity (Wildman–Crippen MR) is 112 cm³/mol. The van der Waals surface area contributed by atoms with Gasteiger partial charge in [0.1, 0.15) is 5.10 Å². The molecule has 0 bridgehead atoms. The van der Waals surface area contributed by atoms with Gasteiger partial charge in [0.15, 0.2) is 5.03 Å². The first-order valence-electron chi connectivity index (χ1n) is 9.80. The molecule has 0 saturated heterocycles. The van der Waals surface area contributed by atoms with E-state index >= 15 is 0 Å². The average molecular weight is 444 g/mol. The van der Waals surface area contributed by atoms with Crippen LogP contribution in [0.3, 0.4) is 0 Å². The fourth-order valence-corrected chi connectivity index (χ4v) is 4.59. The van der Waals surface area contributed by atoms with Crippen LogP contribution >= 0.6 is 0 Å². The van der Waals surface area contributed by atoms with E-state index in [1.807, 2.05) is 0 Å². The highest BCUT2D eigenvalue weighted by Crippen LogP contribution is 2.27. The fraction of sp³-hybridized carbons (Fsp3) is 0.611. The zero-order valence-corrected chi connectivity index (χ0v) is 18.2. The second-order valence-electron chi connectivity index (χ2n) is 7.09. The molecule has 0 aliphatic heterocycles. The van der Waals surface area contributed by atoms with Crippen LogP contribution in [0, 0.1) is 10.1 Å². The molecule has 0 heterocycles. The van der Waals surface area contributed by atoms with E-state index in [-0.39, 0.29) is 29.6 Å². The molecule has 1 aliphatic rings. The number of nitrogens with zero attached hydrogens (tertiary/aromatic N) is 3. The molecule has 1 saturated carbocycles. The third kappa shape index (κ3) is 6.82. The molecule has 11 nitrogen and oxygen atoms in total. The van der Waals surface area contributed by atoms with Gasteiger partial charge in [0.25, 0.3) is 10.0 Å². The van der Waals surface area contributed by atoms with E-state index in [1.54, 1.807) is 26.0 Å². The Morgan fingerprint density at radius 3 is 2.63 bits per heavy atom. The van der Waals surface area contributed by atoms with Gasteiger partial charge in [-0.3, -0.25) is 4.84 Å². The number of sulfonamides is 1. The maximum absolute atomic E-state index is 13.1. The molecule has 1 aromatic rings. The summed E-state index contributed by atoms with van der Waals surface area (Å²) >= 11 is 0. The van der Waals surface area contributed by atoms with Crippen molar-refractivity contribution < 1.29 is 23.0 Å². The Morgan fingerprint density at radius 2 is 2.03 bits per heavy atom. The van der Waals surface area contributed by atoms with Crippen molar-refractivity contribution in [3.8, 4) is 0 Å². The lowest BCUT2D eigenvalue weighted by atomic mass is 10.3. The van der Waals surface area contributed by atoms with Gasteiger partial charge in [-0.25, -0.2) is 18.5 Å². The number of hydrazone groups is 1. The van der Waals surface area contributed by atoms with Crippen molar-refractivity contribution in [1.82, 2.24) is 9.79 Å². The number of anilines is 1. The number of benzene rings is 1. The first-order valence-corrected chi connectivity index (χ1v) is 11.2. The SMILES string of the molecule is CO/C(=N\[N+](=O)[O-])NCCNc1cccc(S(=O)(=O)N(OC2CCCC2)C(C)C)c1. The highest BCUT2D eigenvalue weighted by molar-refractivity contribution is 7.89. The van der Waals surface area contributed by atoms with E-state index in [9.17, 15) is 18.5 Å². The minimum Gasteiger partial charge on any atom is -0.464 e. The topological polar surface area (TPSA) is 135 Å². The van der Waals surface area contributed by atoms with Gasteiger partial charge in [0, 0.05) is 24.8 Å². The van der Waals surface area contributed by atoms with E-state index in [4.69, 9.17) is 9.57 Å². The number of ether oxygens (including phenoxy) is 1. The van der Waals surface area contributed by atoms with Crippen LogP contribution in [0.25, 0.3) is 0 Å². The largest absolute Gasteiger partial charge is 0.464 e. The molecule has 0 atom stereocenters. The Bertz CT molecular complexity index is 839. The molecule has 0 radical (unpaired) electrons. The van der Waals surface area contributed by atoms with Crippen LogP contribution in [0.4, 0.5) is 5.69 Å². The molecule has 0 amide bonds. The molecule has 0 aromatic heterocycles. The highest BCUT2D eigenvalue weighted by atomic mass is 32.2. The van der Waals surface area contributed by atoms with Crippen molar-refractivity contribution in [3.05, 3.63) is 34.4 Å². The van der Waals surface area contributed by atoms with Crippen LogP contribution in [0.5, 0.6) is 0 Å². The number of hydrogen-bond donors (Lipinski definition) is 2. The molecule has 1 aliphatic carbocycles. The smallest absolute Gasteiger partial charge is 0.358 e.